The first-order valence-electron chi connectivity index (χ1n) is 6.16. The zero-order valence-corrected chi connectivity index (χ0v) is 13.9. The van der Waals surface area contributed by atoms with Crippen LogP contribution in [0.2, 0.25) is 0 Å². The maximum Gasteiger partial charge on any atom is 0.0762 e. The molecule has 0 radical (unpaired) electrons. The zero-order valence-electron chi connectivity index (χ0n) is 11.5. The van der Waals surface area contributed by atoms with Gasteiger partial charge in [0.2, 0.25) is 0 Å². The molecule has 0 fully saturated rings. The molecule has 1 N–H and O–H groups in total. The molecule has 0 aliphatic heterocycles. The predicted octanol–water partition coefficient (Wildman–Crippen LogP) is 4.08. The van der Waals surface area contributed by atoms with Gasteiger partial charge in [0.05, 0.1) is 11.8 Å². The number of aliphatic hydroxyl groups excluding tert-OH is 1. The highest BCUT2D eigenvalue weighted by molar-refractivity contribution is 9.10. The number of aliphatic hydroxyl groups is 1. The van der Waals surface area contributed by atoms with Crippen LogP contribution in [0.5, 0.6) is 0 Å². The van der Waals surface area contributed by atoms with Crippen LogP contribution in [0, 0.1) is 0 Å². The Labute approximate surface area is 123 Å². The highest BCUT2D eigenvalue weighted by Crippen LogP contribution is 2.30. The summed E-state index contributed by atoms with van der Waals surface area (Å²) in [6.07, 6.45) is 2.89. The van der Waals surface area contributed by atoms with Crippen molar-refractivity contribution in [1.82, 2.24) is 0 Å². The van der Waals surface area contributed by atoms with Gasteiger partial charge in [-0.05, 0) is 65.9 Å². The first-order valence-corrected chi connectivity index (χ1v) is 8.35. The number of benzene rings is 1. The van der Waals surface area contributed by atoms with Crippen LogP contribution in [0.25, 0.3) is 0 Å². The van der Waals surface area contributed by atoms with E-state index >= 15 is 0 Å². The first-order chi connectivity index (χ1) is 8.47. The fourth-order valence-electron chi connectivity index (χ4n) is 1.79. The second kappa shape index (κ2) is 7.41. The second-order valence-electron chi connectivity index (χ2n) is 4.63. The van der Waals surface area contributed by atoms with Gasteiger partial charge in [0, 0.05) is 17.6 Å². The van der Waals surface area contributed by atoms with Gasteiger partial charge in [-0.15, -0.1) is 0 Å². The van der Waals surface area contributed by atoms with Gasteiger partial charge in [0.25, 0.3) is 0 Å². The maximum absolute atomic E-state index is 9.57. The van der Waals surface area contributed by atoms with E-state index in [1.807, 2.05) is 23.9 Å². The molecule has 1 aromatic carbocycles. The summed E-state index contributed by atoms with van der Waals surface area (Å²) in [5, 5.41) is 9.57. The Kier molecular flexibility index (Phi) is 6.53. The molecule has 1 aromatic rings. The maximum atomic E-state index is 9.57. The van der Waals surface area contributed by atoms with Crippen molar-refractivity contribution < 1.29 is 5.11 Å². The van der Waals surface area contributed by atoms with Crippen molar-refractivity contribution in [2.75, 3.05) is 24.0 Å². The summed E-state index contributed by atoms with van der Waals surface area (Å²) in [6, 6.07) is 6.56. The lowest BCUT2D eigenvalue weighted by Crippen LogP contribution is -2.29. The molecule has 1 unspecified atom stereocenters. The Balaban J connectivity index is 2.82. The molecular weight excluding hydrogens is 310 g/mol. The van der Waals surface area contributed by atoms with Gasteiger partial charge in [-0.25, -0.2) is 0 Å². The van der Waals surface area contributed by atoms with Crippen LogP contribution in [0.15, 0.2) is 22.7 Å². The van der Waals surface area contributed by atoms with E-state index in [0.29, 0.717) is 6.04 Å². The van der Waals surface area contributed by atoms with E-state index in [0.717, 1.165) is 10.0 Å². The summed E-state index contributed by atoms with van der Waals surface area (Å²) in [5.74, 6) is 1.18. The van der Waals surface area contributed by atoms with E-state index in [1.54, 1.807) is 6.92 Å². The van der Waals surface area contributed by atoms with E-state index in [2.05, 4.69) is 47.1 Å². The molecule has 0 aliphatic rings. The number of nitrogens with zero attached hydrogens (tertiary/aromatic N) is 1. The van der Waals surface area contributed by atoms with Gasteiger partial charge in [0.15, 0.2) is 0 Å². The minimum atomic E-state index is -0.422. The van der Waals surface area contributed by atoms with Crippen LogP contribution >= 0.6 is 27.7 Å². The summed E-state index contributed by atoms with van der Waals surface area (Å²) in [4.78, 5) is 2.28. The van der Waals surface area contributed by atoms with Crippen molar-refractivity contribution in [1.29, 1.82) is 0 Å². The van der Waals surface area contributed by atoms with Crippen molar-refractivity contribution in [3.8, 4) is 0 Å². The van der Waals surface area contributed by atoms with Crippen molar-refractivity contribution in [2.24, 2.45) is 0 Å². The molecule has 2 nitrogen and oxygen atoms in total. The molecule has 2 atom stereocenters. The Hall–Kier alpha value is -0.190. The highest BCUT2D eigenvalue weighted by Gasteiger charge is 2.13. The van der Waals surface area contributed by atoms with Gasteiger partial charge in [-0.2, -0.15) is 11.8 Å². The molecule has 0 aliphatic carbocycles. The second-order valence-corrected chi connectivity index (χ2v) is 6.47. The summed E-state index contributed by atoms with van der Waals surface area (Å²) in [5.41, 5.74) is 2.11. The van der Waals surface area contributed by atoms with Crippen molar-refractivity contribution in [3.63, 3.8) is 0 Å². The van der Waals surface area contributed by atoms with Crippen molar-refractivity contribution >= 4 is 33.4 Å². The lowest BCUT2D eigenvalue weighted by Gasteiger charge is -2.28. The monoisotopic (exact) mass is 331 g/mol. The van der Waals surface area contributed by atoms with Gasteiger partial charge in [-0.3, -0.25) is 0 Å². The quantitative estimate of drug-likeness (QED) is 0.849. The van der Waals surface area contributed by atoms with Crippen LogP contribution < -0.4 is 4.90 Å². The summed E-state index contributed by atoms with van der Waals surface area (Å²) < 4.78 is 1.04. The standard InChI is InChI=1S/C14H22BrNOS/c1-10(7-8-18-4)16(3)14-6-5-12(11(2)17)9-13(14)15/h5-6,9-11,17H,7-8H2,1-4H3/t10?,11-/m1/s1. The van der Waals surface area contributed by atoms with E-state index in [1.165, 1.54) is 17.9 Å². The molecule has 0 saturated carbocycles. The molecule has 0 bridgehead atoms. The number of anilines is 1. The molecular formula is C14H22BrNOS. The van der Waals surface area contributed by atoms with E-state index in [9.17, 15) is 5.11 Å². The SMILES string of the molecule is CSCCC(C)N(C)c1ccc([C@@H](C)O)cc1Br. The van der Waals surface area contributed by atoms with Crippen molar-refractivity contribution in [3.05, 3.63) is 28.2 Å². The normalized spacial score (nSPS) is 14.3. The molecule has 0 spiro atoms. The van der Waals surface area contributed by atoms with Crippen molar-refractivity contribution in [2.45, 2.75) is 32.4 Å². The smallest absolute Gasteiger partial charge is 0.0762 e. The van der Waals surface area contributed by atoms with Gasteiger partial charge >= 0.3 is 0 Å². The van der Waals surface area contributed by atoms with E-state index in [4.69, 9.17) is 0 Å². The molecule has 4 heteroatoms. The Morgan fingerprint density at radius 2 is 2.06 bits per heavy atom. The third-order valence-corrected chi connectivity index (χ3v) is 4.51. The Morgan fingerprint density at radius 3 is 2.56 bits per heavy atom. The summed E-state index contributed by atoms with van der Waals surface area (Å²) >= 11 is 5.48. The molecule has 0 heterocycles. The van der Waals surface area contributed by atoms with Gasteiger partial charge in [-0.1, -0.05) is 6.07 Å². The largest absolute Gasteiger partial charge is 0.389 e. The van der Waals surface area contributed by atoms with Crippen LogP contribution in [0.1, 0.15) is 31.9 Å². The average Bonchev–Trinajstić information content (AvgIpc) is 2.34. The fraction of sp³-hybridized carbons (Fsp3) is 0.571. The highest BCUT2D eigenvalue weighted by atomic mass is 79.9. The van der Waals surface area contributed by atoms with E-state index < -0.39 is 6.10 Å². The lowest BCUT2D eigenvalue weighted by atomic mass is 10.1. The number of rotatable bonds is 6. The topological polar surface area (TPSA) is 23.5 Å². The number of thioether (sulfide) groups is 1. The zero-order chi connectivity index (χ0) is 13.7. The summed E-state index contributed by atoms with van der Waals surface area (Å²) in [7, 11) is 2.12. The Morgan fingerprint density at radius 1 is 1.39 bits per heavy atom. The number of hydrogen-bond donors (Lipinski definition) is 1. The minimum Gasteiger partial charge on any atom is -0.389 e. The average molecular weight is 332 g/mol. The van der Waals surface area contributed by atoms with E-state index in [-0.39, 0.29) is 0 Å². The number of halogens is 1. The van der Waals surface area contributed by atoms with Gasteiger partial charge < -0.3 is 10.0 Å². The molecule has 1 rings (SSSR count). The van der Waals surface area contributed by atoms with Crippen LogP contribution in [-0.4, -0.2) is 30.2 Å². The fourth-order valence-corrected chi connectivity index (χ4v) is 3.04. The third kappa shape index (κ3) is 4.18. The molecule has 0 aromatic heterocycles. The molecule has 0 amide bonds. The summed E-state index contributed by atoms with van der Waals surface area (Å²) in [6.45, 7) is 4.03. The van der Waals surface area contributed by atoms with Crippen LogP contribution in [-0.2, 0) is 0 Å². The predicted molar refractivity (Wildman–Crippen MR) is 85.6 cm³/mol. The third-order valence-electron chi connectivity index (χ3n) is 3.24. The number of hydrogen-bond acceptors (Lipinski definition) is 3. The molecule has 0 saturated heterocycles. The molecule has 18 heavy (non-hydrogen) atoms. The molecule has 102 valence electrons. The first kappa shape index (κ1) is 15.9. The van der Waals surface area contributed by atoms with Crippen LogP contribution in [0.3, 0.4) is 0 Å². The van der Waals surface area contributed by atoms with Crippen LogP contribution in [0.4, 0.5) is 5.69 Å². The Bertz CT molecular complexity index is 384. The minimum absolute atomic E-state index is 0.422. The van der Waals surface area contributed by atoms with Gasteiger partial charge in [0.1, 0.15) is 0 Å². The lowest BCUT2D eigenvalue weighted by molar-refractivity contribution is 0.199.